The summed E-state index contributed by atoms with van der Waals surface area (Å²) in [5.74, 6) is -1.31. The van der Waals surface area contributed by atoms with Gasteiger partial charge in [0.2, 0.25) is 0 Å². The molecule has 0 bridgehead atoms. The van der Waals surface area contributed by atoms with Gasteiger partial charge in [-0.05, 0) is 30.4 Å². The Kier molecular flexibility index (Phi) is 2.46. The largest absolute Gasteiger partial charge is 0.508 e. The second-order valence-corrected chi connectivity index (χ2v) is 3.37. The minimum absolute atomic E-state index is 0.0181. The lowest BCUT2D eigenvalue weighted by Crippen LogP contribution is -2.28. The smallest absolute Gasteiger partial charge is 0.271 e. The Morgan fingerprint density at radius 2 is 2.00 bits per heavy atom. The van der Waals surface area contributed by atoms with Gasteiger partial charge in [0.1, 0.15) is 11.5 Å². The van der Waals surface area contributed by atoms with E-state index in [1.165, 1.54) is 18.2 Å². The number of allylic oxidation sites excluding steroid dienone is 1. The van der Waals surface area contributed by atoms with Gasteiger partial charge in [0.25, 0.3) is 5.85 Å². The highest BCUT2D eigenvalue weighted by atomic mass is 19.2. The number of alkyl halides is 1. The van der Waals surface area contributed by atoms with Gasteiger partial charge in [0, 0.05) is 6.42 Å². The first-order chi connectivity index (χ1) is 7.18. The highest BCUT2D eigenvalue weighted by Crippen LogP contribution is 2.28. The number of para-hydroxylation sites is 1. The quantitative estimate of drug-likeness (QED) is 0.805. The van der Waals surface area contributed by atoms with Crippen molar-refractivity contribution in [2.75, 3.05) is 0 Å². The van der Waals surface area contributed by atoms with Crippen LogP contribution in [0.25, 0.3) is 0 Å². The first kappa shape index (κ1) is 9.77. The maximum absolute atomic E-state index is 14.0. The van der Waals surface area contributed by atoms with E-state index in [1.807, 2.05) is 6.07 Å². The molecule has 0 fully saturated rings. The van der Waals surface area contributed by atoms with E-state index in [4.69, 9.17) is 9.84 Å². The van der Waals surface area contributed by atoms with Crippen molar-refractivity contribution in [2.45, 2.75) is 12.3 Å². The zero-order valence-corrected chi connectivity index (χ0v) is 8.06. The second kappa shape index (κ2) is 3.77. The summed E-state index contributed by atoms with van der Waals surface area (Å²) in [6, 6.07) is 8.76. The van der Waals surface area contributed by atoms with E-state index in [0.29, 0.717) is 5.75 Å². The molecular formula is C12H11FO2. The average molecular weight is 206 g/mol. The molecule has 1 unspecified atom stereocenters. The van der Waals surface area contributed by atoms with Crippen LogP contribution in [0.3, 0.4) is 0 Å². The average Bonchev–Trinajstić information content (AvgIpc) is 2.24. The number of rotatable bonds is 2. The van der Waals surface area contributed by atoms with E-state index in [-0.39, 0.29) is 12.2 Å². The lowest BCUT2D eigenvalue weighted by molar-refractivity contribution is -0.0142. The molecule has 0 heterocycles. The number of aliphatic hydroxyl groups excluding tert-OH is 1. The number of hydrogen-bond donors (Lipinski definition) is 1. The van der Waals surface area contributed by atoms with Crippen LogP contribution in [0, 0.1) is 0 Å². The minimum Gasteiger partial charge on any atom is -0.508 e. The highest BCUT2D eigenvalue weighted by Gasteiger charge is 2.29. The lowest BCUT2D eigenvalue weighted by Gasteiger charge is -2.24. The maximum atomic E-state index is 14.0. The predicted molar refractivity (Wildman–Crippen MR) is 55.4 cm³/mol. The summed E-state index contributed by atoms with van der Waals surface area (Å²) in [4.78, 5) is 0. The molecule has 0 aromatic heterocycles. The number of halogens is 1. The van der Waals surface area contributed by atoms with Gasteiger partial charge in [-0.3, -0.25) is 0 Å². The Hall–Kier alpha value is -1.77. The maximum Gasteiger partial charge on any atom is 0.271 e. The van der Waals surface area contributed by atoms with E-state index >= 15 is 0 Å². The van der Waals surface area contributed by atoms with Gasteiger partial charge in [-0.15, -0.1) is 0 Å². The van der Waals surface area contributed by atoms with Gasteiger partial charge in [-0.2, -0.15) is 4.39 Å². The molecule has 0 amide bonds. The first-order valence-corrected chi connectivity index (χ1v) is 4.69. The third kappa shape index (κ3) is 2.37. The lowest BCUT2D eigenvalue weighted by atomic mass is 10.1. The molecule has 15 heavy (non-hydrogen) atoms. The van der Waals surface area contributed by atoms with Gasteiger partial charge < -0.3 is 9.84 Å². The SMILES string of the molecule is OC1=CCC(F)(Oc2ccccc2)C=C1. The Balaban J connectivity index is 2.10. The molecule has 2 rings (SSSR count). The fraction of sp³-hybridized carbons (Fsp3) is 0.167. The predicted octanol–water partition coefficient (Wildman–Crippen LogP) is 3.13. The van der Waals surface area contributed by atoms with Gasteiger partial charge in [0.05, 0.1) is 0 Å². The molecule has 1 atom stereocenters. The summed E-state index contributed by atoms with van der Waals surface area (Å²) in [6.45, 7) is 0. The summed E-state index contributed by atoms with van der Waals surface area (Å²) >= 11 is 0. The van der Waals surface area contributed by atoms with Crippen molar-refractivity contribution in [1.82, 2.24) is 0 Å². The van der Waals surface area contributed by atoms with Crippen LogP contribution in [-0.4, -0.2) is 11.0 Å². The van der Waals surface area contributed by atoms with Crippen LogP contribution in [-0.2, 0) is 0 Å². The van der Waals surface area contributed by atoms with Crippen LogP contribution >= 0.6 is 0 Å². The summed E-state index contributed by atoms with van der Waals surface area (Å²) < 4.78 is 19.1. The number of hydrogen-bond acceptors (Lipinski definition) is 2. The molecule has 78 valence electrons. The Morgan fingerprint density at radius 3 is 2.60 bits per heavy atom. The van der Waals surface area contributed by atoms with E-state index in [9.17, 15) is 4.39 Å². The van der Waals surface area contributed by atoms with Crippen LogP contribution in [0.15, 0.2) is 54.3 Å². The van der Waals surface area contributed by atoms with Crippen LogP contribution in [0.2, 0.25) is 0 Å². The third-order valence-corrected chi connectivity index (χ3v) is 2.12. The van der Waals surface area contributed by atoms with E-state index in [1.54, 1.807) is 24.3 Å². The number of aliphatic hydroxyl groups is 1. The third-order valence-electron chi connectivity index (χ3n) is 2.12. The van der Waals surface area contributed by atoms with Gasteiger partial charge in [-0.1, -0.05) is 18.2 Å². The molecule has 0 saturated heterocycles. The van der Waals surface area contributed by atoms with Crippen LogP contribution in [0.4, 0.5) is 4.39 Å². The topological polar surface area (TPSA) is 29.5 Å². The van der Waals surface area contributed by atoms with Crippen molar-refractivity contribution in [3.63, 3.8) is 0 Å². The van der Waals surface area contributed by atoms with Crippen molar-refractivity contribution in [1.29, 1.82) is 0 Å². The molecule has 0 spiro atoms. The Labute approximate surface area is 87.3 Å². The standard InChI is InChI=1S/C12H11FO2/c13-12(8-6-10(14)7-9-12)15-11-4-2-1-3-5-11/h1-8,14H,9H2. The molecule has 2 nitrogen and oxygen atoms in total. The monoisotopic (exact) mass is 206 g/mol. The molecule has 0 aliphatic heterocycles. The first-order valence-electron chi connectivity index (χ1n) is 4.69. The zero-order valence-electron chi connectivity index (χ0n) is 8.06. The van der Waals surface area contributed by atoms with Crippen molar-refractivity contribution < 1.29 is 14.2 Å². The van der Waals surface area contributed by atoms with Crippen molar-refractivity contribution in [2.24, 2.45) is 0 Å². The summed E-state index contributed by atoms with van der Waals surface area (Å²) in [7, 11) is 0. The molecule has 1 aliphatic carbocycles. The van der Waals surface area contributed by atoms with E-state index in [2.05, 4.69) is 0 Å². The van der Waals surface area contributed by atoms with Crippen LogP contribution in [0.5, 0.6) is 5.75 Å². The van der Waals surface area contributed by atoms with Crippen LogP contribution < -0.4 is 4.74 Å². The van der Waals surface area contributed by atoms with Gasteiger partial charge in [0.15, 0.2) is 0 Å². The van der Waals surface area contributed by atoms with Crippen molar-refractivity contribution in [3.05, 3.63) is 54.3 Å². The van der Waals surface area contributed by atoms with Crippen LogP contribution in [0.1, 0.15) is 6.42 Å². The summed E-state index contributed by atoms with van der Waals surface area (Å²) in [5.41, 5.74) is 0. The van der Waals surface area contributed by atoms with E-state index < -0.39 is 5.85 Å². The Morgan fingerprint density at radius 1 is 1.27 bits per heavy atom. The molecule has 3 heteroatoms. The summed E-state index contributed by atoms with van der Waals surface area (Å²) in [5, 5.41) is 9.06. The minimum atomic E-state index is -1.85. The molecule has 1 aromatic rings. The molecule has 0 radical (unpaired) electrons. The number of ether oxygens (including phenoxy) is 1. The zero-order chi connectivity index (χ0) is 10.7. The molecule has 0 saturated carbocycles. The fourth-order valence-electron chi connectivity index (χ4n) is 1.35. The molecular weight excluding hydrogens is 195 g/mol. The Bertz CT molecular complexity index is 397. The van der Waals surface area contributed by atoms with Gasteiger partial charge >= 0.3 is 0 Å². The fourth-order valence-corrected chi connectivity index (χ4v) is 1.35. The van der Waals surface area contributed by atoms with Gasteiger partial charge in [-0.25, -0.2) is 0 Å². The van der Waals surface area contributed by atoms with Crippen molar-refractivity contribution in [3.8, 4) is 5.75 Å². The van der Waals surface area contributed by atoms with E-state index in [0.717, 1.165) is 0 Å². The number of benzene rings is 1. The molecule has 1 aromatic carbocycles. The second-order valence-electron chi connectivity index (χ2n) is 3.37. The molecule has 1 N–H and O–H groups in total. The highest BCUT2D eigenvalue weighted by molar-refractivity contribution is 5.26. The van der Waals surface area contributed by atoms with Crippen molar-refractivity contribution >= 4 is 0 Å². The summed E-state index contributed by atoms with van der Waals surface area (Å²) in [6.07, 6.45) is 3.93. The molecule has 1 aliphatic rings. The normalized spacial score (nSPS) is 24.7.